The summed E-state index contributed by atoms with van der Waals surface area (Å²) in [5.41, 5.74) is 3.01. The molecule has 1 aliphatic rings. The van der Waals surface area contributed by atoms with E-state index in [-0.39, 0.29) is 18.4 Å². The molecule has 144 valence electrons. The number of likely N-dealkylation sites (tertiary alicyclic amines) is 1. The number of halogens is 2. The Bertz CT molecular complexity index is 993. The van der Waals surface area contributed by atoms with Gasteiger partial charge in [0, 0.05) is 62.1 Å². The largest absolute Gasteiger partial charge is 0.306 e. The predicted octanol–water partition coefficient (Wildman–Crippen LogP) is 3.73. The Morgan fingerprint density at radius 3 is 2.36 bits per heavy atom. The number of hydrogen-bond acceptors (Lipinski definition) is 4. The molecule has 0 aliphatic carbocycles. The molecular formula is C21H20F2N4O. The third-order valence-corrected chi connectivity index (χ3v) is 4.94. The highest BCUT2D eigenvalue weighted by atomic mass is 19.3. The van der Waals surface area contributed by atoms with Crippen molar-refractivity contribution in [2.45, 2.75) is 25.3 Å². The summed E-state index contributed by atoms with van der Waals surface area (Å²) in [5, 5.41) is 0. The summed E-state index contributed by atoms with van der Waals surface area (Å²) in [7, 11) is 0. The quantitative estimate of drug-likeness (QED) is 0.747. The first-order valence-corrected chi connectivity index (χ1v) is 9.20. The van der Waals surface area contributed by atoms with Crippen LogP contribution in [0.25, 0.3) is 22.6 Å². The van der Waals surface area contributed by atoms with Gasteiger partial charge in [-0.05, 0) is 17.7 Å². The van der Waals surface area contributed by atoms with Crippen molar-refractivity contribution in [3.63, 3.8) is 0 Å². The van der Waals surface area contributed by atoms with Crippen molar-refractivity contribution in [2.75, 3.05) is 13.1 Å². The van der Waals surface area contributed by atoms with Crippen molar-refractivity contribution in [2.24, 2.45) is 0 Å². The molecule has 1 N–H and O–H groups in total. The minimum absolute atomic E-state index is 0.0853. The molecule has 1 saturated heterocycles. The molecule has 7 heteroatoms. The SMILES string of the molecule is O=c1cc(-c2ccncc2)nc(-c2ccc(CN3CCC(F)(F)CC3)cc2)[nH]1. The molecule has 2 aromatic heterocycles. The van der Waals surface area contributed by atoms with E-state index >= 15 is 0 Å². The van der Waals surface area contributed by atoms with E-state index in [1.807, 2.05) is 29.2 Å². The van der Waals surface area contributed by atoms with E-state index in [2.05, 4.69) is 15.0 Å². The maximum absolute atomic E-state index is 13.3. The van der Waals surface area contributed by atoms with Crippen LogP contribution in [-0.2, 0) is 6.54 Å². The minimum atomic E-state index is -2.53. The number of hydrogen-bond donors (Lipinski definition) is 1. The monoisotopic (exact) mass is 382 g/mol. The molecule has 0 bridgehead atoms. The number of aromatic nitrogens is 3. The van der Waals surface area contributed by atoms with E-state index in [1.54, 1.807) is 24.5 Å². The van der Waals surface area contributed by atoms with E-state index in [4.69, 9.17) is 0 Å². The van der Waals surface area contributed by atoms with Gasteiger partial charge in [0.05, 0.1) is 5.69 Å². The van der Waals surface area contributed by atoms with Crippen LogP contribution in [0.4, 0.5) is 8.78 Å². The molecule has 4 rings (SSSR count). The summed E-state index contributed by atoms with van der Waals surface area (Å²) in [6, 6.07) is 12.7. The Morgan fingerprint density at radius 2 is 1.68 bits per heavy atom. The number of nitrogens with one attached hydrogen (secondary N) is 1. The Kier molecular flexibility index (Phi) is 5.00. The molecule has 0 radical (unpaired) electrons. The number of rotatable bonds is 4. The Morgan fingerprint density at radius 1 is 1.00 bits per heavy atom. The van der Waals surface area contributed by atoms with Gasteiger partial charge in [-0.25, -0.2) is 13.8 Å². The zero-order chi connectivity index (χ0) is 19.6. The highest BCUT2D eigenvalue weighted by Crippen LogP contribution is 2.28. The van der Waals surface area contributed by atoms with Crippen LogP contribution in [0.15, 0.2) is 59.7 Å². The molecule has 3 heterocycles. The summed E-state index contributed by atoms with van der Waals surface area (Å²) in [5.74, 6) is -2.04. The normalized spacial score (nSPS) is 16.8. The van der Waals surface area contributed by atoms with E-state index in [9.17, 15) is 13.6 Å². The van der Waals surface area contributed by atoms with Crippen LogP contribution in [0.3, 0.4) is 0 Å². The molecule has 1 aromatic carbocycles. The minimum Gasteiger partial charge on any atom is -0.306 e. The second kappa shape index (κ2) is 7.59. The number of nitrogens with zero attached hydrogens (tertiary/aromatic N) is 3. The van der Waals surface area contributed by atoms with Crippen LogP contribution in [0.5, 0.6) is 0 Å². The lowest BCUT2D eigenvalue weighted by Gasteiger charge is -2.31. The van der Waals surface area contributed by atoms with E-state index in [1.165, 1.54) is 6.07 Å². The van der Waals surface area contributed by atoms with Crippen LogP contribution >= 0.6 is 0 Å². The maximum Gasteiger partial charge on any atom is 0.251 e. The number of H-pyrrole nitrogens is 1. The highest BCUT2D eigenvalue weighted by molar-refractivity contribution is 5.63. The van der Waals surface area contributed by atoms with Crippen molar-refractivity contribution in [3.05, 3.63) is 70.8 Å². The second-order valence-electron chi connectivity index (χ2n) is 7.04. The van der Waals surface area contributed by atoms with E-state index in [0.717, 1.165) is 16.7 Å². The number of benzene rings is 1. The summed E-state index contributed by atoms with van der Waals surface area (Å²) < 4.78 is 26.6. The summed E-state index contributed by atoms with van der Waals surface area (Å²) in [4.78, 5) is 25.4. The average Bonchev–Trinajstić information content (AvgIpc) is 2.70. The van der Waals surface area contributed by atoms with Crippen LogP contribution in [0.1, 0.15) is 18.4 Å². The fourth-order valence-electron chi connectivity index (χ4n) is 3.33. The maximum atomic E-state index is 13.3. The van der Waals surface area contributed by atoms with Crippen LogP contribution < -0.4 is 5.56 Å². The second-order valence-corrected chi connectivity index (χ2v) is 7.04. The molecular weight excluding hydrogens is 362 g/mol. The van der Waals surface area contributed by atoms with Crippen LogP contribution in [-0.4, -0.2) is 38.9 Å². The fourth-order valence-corrected chi connectivity index (χ4v) is 3.33. The van der Waals surface area contributed by atoms with Crippen molar-refractivity contribution in [1.29, 1.82) is 0 Å². The fraction of sp³-hybridized carbons (Fsp3) is 0.286. The van der Waals surface area contributed by atoms with Crippen molar-refractivity contribution in [1.82, 2.24) is 19.9 Å². The molecule has 3 aromatic rings. The Labute approximate surface area is 161 Å². The lowest BCUT2D eigenvalue weighted by molar-refractivity contribution is -0.0566. The van der Waals surface area contributed by atoms with E-state index in [0.29, 0.717) is 31.2 Å². The van der Waals surface area contributed by atoms with Crippen LogP contribution in [0.2, 0.25) is 0 Å². The molecule has 0 amide bonds. The van der Waals surface area contributed by atoms with Gasteiger partial charge >= 0.3 is 0 Å². The van der Waals surface area contributed by atoms with E-state index < -0.39 is 5.92 Å². The molecule has 0 spiro atoms. The third-order valence-electron chi connectivity index (χ3n) is 4.94. The Balaban J connectivity index is 1.51. The first-order chi connectivity index (χ1) is 13.5. The lowest BCUT2D eigenvalue weighted by atomic mass is 10.1. The van der Waals surface area contributed by atoms with Gasteiger partial charge in [0.1, 0.15) is 5.82 Å². The highest BCUT2D eigenvalue weighted by Gasteiger charge is 2.33. The Hall–Kier alpha value is -2.93. The van der Waals surface area contributed by atoms with Crippen molar-refractivity contribution in [3.8, 4) is 22.6 Å². The topological polar surface area (TPSA) is 61.9 Å². The smallest absolute Gasteiger partial charge is 0.251 e. The van der Waals surface area contributed by atoms with Gasteiger partial charge in [-0.2, -0.15) is 0 Å². The van der Waals surface area contributed by atoms with Crippen LogP contribution in [0, 0.1) is 0 Å². The third kappa shape index (κ3) is 4.31. The van der Waals surface area contributed by atoms with Gasteiger partial charge in [0.2, 0.25) is 0 Å². The summed E-state index contributed by atoms with van der Waals surface area (Å²) >= 11 is 0. The van der Waals surface area contributed by atoms with Gasteiger partial charge in [-0.1, -0.05) is 24.3 Å². The molecule has 1 aliphatic heterocycles. The van der Waals surface area contributed by atoms with Crippen molar-refractivity contribution < 1.29 is 8.78 Å². The summed E-state index contributed by atoms with van der Waals surface area (Å²) in [6.07, 6.45) is 3.14. The molecule has 0 unspecified atom stereocenters. The number of pyridine rings is 1. The molecule has 0 atom stereocenters. The van der Waals surface area contributed by atoms with Crippen molar-refractivity contribution >= 4 is 0 Å². The van der Waals surface area contributed by atoms with Gasteiger partial charge in [0.25, 0.3) is 11.5 Å². The van der Waals surface area contributed by atoms with Gasteiger partial charge in [-0.3, -0.25) is 14.7 Å². The summed E-state index contributed by atoms with van der Waals surface area (Å²) in [6.45, 7) is 1.44. The standard InChI is InChI=1S/C21H20F2N4O/c22-21(23)7-11-27(12-8-21)14-15-1-3-17(4-2-15)20-25-18(13-19(28)26-20)16-5-9-24-10-6-16/h1-6,9-10,13H,7-8,11-12,14H2,(H,25,26,28). The first-order valence-electron chi connectivity index (χ1n) is 9.20. The number of aromatic amines is 1. The molecule has 0 saturated carbocycles. The van der Waals surface area contributed by atoms with Gasteiger partial charge in [0.15, 0.2) is 0 Å². The first kappa shape index (κ1) is 18.4. The van der Waals surface area contributed by atoms with Gasteiger partial charge in [-0.15, -0.1) is 0 Å². The number of piperidine rings is 1. The predicted molar refractivity (Wildman–Crippen MR) is 103 cm³/mol. The molecule has 5 nitrogen and oxygen atoms in total. The molecule has 1 fully saturated rings. The number of alkyl halides is 2. The molecule has 28 heavy (non-hydrogen) atoms. The zero-order valence-electron chi connectivity index (χ0n) is 15.2. The van der Waals surface area contributed by atoms with Gasteiger partial charge < -0.3 is 4.98 Å². The lowest BCUT2D eigenvalue weighted by Crippen LogP contribution is -2.38. The zero-order valence-corrected chi connectivity index (χ0v) is 15.2. The average molecular weight is 382 g/mol.